The molecule has 0 bridgehead atoms. The third-order valence-electron chi connectivity index (χ3n) is 4.54. The van der Waals surface area contributed by atoms with Gasteiger partial charge in [0.15, 0.2) is 0 Å². The molecule has 1 aliphatic heterocycles. The van der Waals surface area contributed by atoms with Crippen molar-refractivity contribution in [2.24, 2.45) is 0 Å². The summed E-state index contributed by atoms with van der Waals surface area (Å²) in [4.78, 5) is 30.4. The second-order valence-corrected chi connectivity index (χ2v) is 6.14. The number of likely N-dealkylation sites (N-methyl/N-ethyl adjacent to an activating group) is 1. The van der Waals surface area contributed by atoms with Crippen LogP contribution in [0.5, 0.6) is 0 Å². The van der Waals surface area contributed by atoms with Gasteiger partial charge in [0.25, 0.3) is 0 Å². The molecule has 132 valence electrons. The first-order chi connectivity index (χ1) is 11.5. The highest BCUT2D eigenvalue weighted by Gasteiger charge is 2.23. The molecule has 6 heteroatoms. The molecule has 0 spiro atoms. The van der Waals surface area contributed by atoms with Crippen LogP contribution in [0.3, 0.4) is 0 Å². The summed E-state index contributed by atoms with van der Waals surface area (Å²) >= 11 is 0. The number of nitrogen functional groups attached to an aromatic ring is 1. The molecule has 1 fully saturated rings. The predicted octanol–water partition coefficient (Wildman–Crippen LogP) is 0.824. The lowest BCUT2D eigenvalue weighted by Gasteiger charge is -2.35. The van der Waals surface area contributed by atoms with E-state index < -0.39 is 0 Å². The smallest absolute Gasteiger partial charge is 0.236 e. The third kappa shape index (κ3) is 4.96. The van der Waals surface area contributed by atoms with E-state index in [2.05, 4.69) is 4.90 Å². The lowest BCUT2D eigenvalue weighted by molar-refractivity contribution is -0.134. The van der Waals surface area contributed by atoms with Gasteiger partial charge < -0.3 is 15.5 Å². The second-order valence-electron chi connectivity index (χ2n) is 6.14. The molecule has 1 aromatic carbocycles. The van der Waals surface area contributed by atoms with Gasteiger partial charge in [-0.25, -0.2) is 0 Å². The second kappa shape index (κ2) is 8.68. The zero-order chi connectivity index (χ0) is 17.5. The minimum Gasteiger partial charge on any atom is -0.399 e. The fraction of sp³-hybridized carbons (Fsp3) is 0.556. The summed E-state index contributed by atoms with van der Waals surface area (Å²) in [6.07, 6.45) is 0.401. The van der Waals surface area contributed by atoms with E-state index in [9.17, 15) is 9.59 Å². The quantitative estimate of drug-likeness (QED) is 0.783. The Hall–Kier alpha value is -2.08. The van der Waals surface area contributed by atoms with Crippen molar-refractivity contribution in [1.82, 2.24) is 14.7 Å². The summed E-state index contributed by atoms with van der Waals surface area (Å²) in [7, 11) is 0. The molecular weight excluding hydrogens is 304 g/mol. The maximum absolute atomic E-state index is 12.4. The minimum atomic E-state index is 0.134. The number of piperazine rings is 1. The number of nitrogens with zero attached hydrogens (tertiary/aromatic N) is 3. The molecule has 2 amide bonds. The van der Waals surface area contributed by atoms with Gasteiger partial charge in [-0.05, 0) is 31.5 Å². The van der Waals surface area contributed by atoms with Crippen molar-refractivity contribution in [3.8, 4) is 0 Å². The molecule has 2 rings (SSSR count). The van der Waals surface area contributed by atoms with E-state index in [-0.39, 0.29) is 11.8 Å². The molecule has 0 radical (unpaired) electrons. The fourth-order valence-corrected chi connectivity index (χ4v) is 2.94. The van der Waals surface area contributed by atoms with Crippen LogP contribution in [0.4, 0.5) is 5.69 Å². The fourth-order valence-electron chi connectivity index (χ4n) is 2.94. The molecule has 0 saturated carbocycles. The average Bonchev–Trinajstić information content (AvgIpc) is 2.58. The predicted molar refractivity (Wildman–Crippen MR) is 95.5 cm³/mol. The lowest BCUT2D eigenvalue weighted by atomic mass is 10.1. The molecule has 24 heavy (non-hydrogen) atoms. The molecule has 0 aliphatic carbocycles. The van der Waals surface area contributed by atoms with Crippen molar-refractivity contribution in [2.75, 3.05) is 51.5 Å². The molecule has 1 saturated heterocycles. The number of hydrogen-bond acceptors (Lipinski definition) is 4. The highest BCUT2D eigenvalue weighted by molar-refractivity contribution is 5.79. The minimum absolute atomic E-state index is 0.134. The number of carbonyl (C=O) groups is 2. The van der Waals surface area contributed by atoms with Crippen LogP contribution in [-0.2, 0) is 16.0 Å². The van der Waals surface area contributed by atoms with Crippen LogP contribution in [0.15, 0.2) is 24.3 Å². The Morgan fingerprint density at radius 3 is 2.17 bits per heavy atom. The first-order valence-electron chi connectivity index (χ1n) is 8.65. The van der Waals surface area contributed by atoms with Gasteiger partial charge in [0.1, 0.15) is 0 Å². The standard InChI is InChI=1S/C18H28N4O2/c1-3-21(4-2)18(24)14-20-9-11-22(12-10-20)17(23)13-15-5-7-16(19)8-6-15/h5-8H,3-4,9-14,19H2,1-2H3. The SMILES string of the molecule is CCN(CC)C(=O)CN1CCN(C(=O)Cc2ccc(N)cc2)CC1. The Morgan fingerprint density at radius 2 is 1.62 bits per heavy atom. The molecule has 1 aromatic rings. The van der Waals surface area contributed by atoms with E-state index in [1.54, 1.807) is 0 Å². The van der Waals surface area contributed by atoms with E-state index in [4.69, 9.17) is 5.73 Å². The van der Waals surface area contributed by atoms with Gasteiger partial charge in [-0.1, -0.05) is 12.1 Å². The van der Waals surface area contributed by atoms with Gasteiger partial charge in [-0.3, -0.25) is 14.5 Å². The van der Waals surface area contributed by atoms with Crippen LogP contribution < -0.4 is 5.73 Å². The topological polar surface area (TPSA) is 69.9 Å². The Morgan fingerprint density at radius 1 is 1.04 bits per heavy atom. The summed E-state index contributed by atoms with van der Waals surface area (Å²) in [5.74, 6) is 0.302. The van der Waals surface area contributed by atoms with Crippen LogP contribution >= 0.6 is 0 Å². The first kappa shape index (κ1) is 18.3. The first-order valence-corrected chi connectivity index (χ1v) is 8.65. The number of hydrogen-bond donors (Lipinski definition) is 1. The largest absolute Gasteiger partial charge is 0.399 e. The number of carbonyl (C=O) groups excluding carboxylic acids is 2. The normalized spacial score (nSPS) is 15.3. The molecule has 0 aromatic heterocycles. The maximum atomic E-state index is 12.4. The Labute approximate surface area is 144 Å². The van der Waals surface area contributed by atoms with Crippen molar-refractivity contribution in [3.05, 3.63) is 29.8 Å². The maximum Gasteiger partial charge on any atom is 0.236 e. The van der Waals surface area contributed by atoms with Crippen LogP contribution in [-0.4, -0.2) is 72.3 Å². The summed E-state index contributed by atoms with van der Waals surface area (Å²) in [6, 6.07) is 7.43. The van der Waals surface area contributed by atoms with E-state index in [0.29, 0.717) is 31.7 Å². The molecule has 1 heterocycles. The number of rotatable bonds is 6. The van der Waals surface area contributed by atoms with E-state index >= 15 is 0 Å². The molecule has 1 aliphatic rings. The third-order valence-corrected chi connectivity index (χ3v) is 4.54. The van der Waals surface area contributed by atoms with Crippen molar-refractivity contribution >= 4 is 17.5 Å². The average molecular weight is 332 g/mol. The van der Waals surface area contributed by atoms with Gasteiger partial charge in [-0.2, -0.15) is 0 Å². The number of amides is 2. The Kier molecular flexibility index (Phi) is 6.61. The highest BCUT2D eigenvalue weighted by Crippen LogP contribution is 2.10. The Balaban J connectivity index is 1.78. The van der Waals surface area contributed by atoms with Crippen molar-refractivity contribution in [3.63, 3.8) is 0 Å². The summed E-state index contributed by atoms with van der Waals surface area (Å²) in [6.45, 7) is 8.79. The van der Waals surface area contributed by atoms with Crippen LogP contribution in [0, 0.1) is 0 Å². The van der Waals surface area contributed by atoms with Gasteiger partial charge in [-0.15, -0.1) is 0 Å². The monoisotopic (exact) mass is 332 g/mol. The Bertz CT molecular complexity index is 547. The van der Waals surface area contributed by atoms with Crippen molar-refractivity contribution in [1.29, 1.82) is 0 Å². The number of benzene rings is 1. The van der Waals surface area contributed by atoms with E-state index in [0.717, 1.165) is 31.7 Å². The zero-order valence-corrected chi connectivity index (χ0v) is 14.7. The van der Waals surface area contributed by atoms with Gasteiger partial charge >= 0.3 is 0 Å². The van der Waals surface area contributed by atoms with E-state index in [1.807, 2.05) is 47.9 Å². The molecule has 0 unspecified atom stereocenters. The summed E-state index contributed by atoms with van der Waals surface area (Å²) < 4.78 is 0. The van der Waals surface area contributed by atoms with Crippen LogP contribution in [0.2, 0.25) is 0 Å². The molecular formula is C18H28N4O2. The van der Waals surface area contributed by atoms with E-state index in [1.165, 1.54) is 0 Å². The number of anilines is 1. The van der Waals surface area contributed by atoms with Crippen molar-refractivity contribution < 1.29 is 9.59 Å². The van der Waals surface area contributed by atoms with Crippen LogP contribution in [0.1, 0.15) is 19.4 Å². The highest BCUT2D eigenvalue weighted by atomic mass is 16.2. The molecule has 0 atom stereocenters. The van der Waals surface area contributed by atoms with Gasteiger partial charge in [0.2, 0.25) is 11.8 Å². The van der Waals surface area contributed by atoms with Crippen molar-refractivity contribution in [2.45, 2.75) is 20.3 Å². The summed E-state index contributed by atoms with van der Waals surface area (Å²) in [5, 5.41) is 0. The molecule has 2 N–H and O–H groups in total. The summed E-state index contributed by atoms with van der Waals surface area (Å²) in [5.41, 5.74) is 7.35. The lowest BCUT2D eigenvalue weighted by Crippen LogP contribution is -2.51. The number of nitrogens with two attached hydrogens (primary N) is 1. The zero-order valence-electron chi connectivity index (χ0n) is 14.7. The van der Waals surface area contributed by atoms with Crippen LogP contribution in [0.25, 0.3) is 0 Å². The van der Waals surface area contributed by atoms with Gasteiger partial charge in [0, 0.05) is 45.0 Å². The van der Waals surface area contributed by atoms with Gasteiger partial charge in [0.05, 0.1) is 13.0 Å². The molecule has 6 nitrogen and oxygen atoms in total.